The van der Waals surface area contributed by atoms with Gasteiger partial charge in [-0.1, -0.05) is 11.6 Å². The lowest BCUT2D eigenvalue weighted by Gasteiger charge is -2.01. The zero-order valence-corrected chi connectivity index (χ0v) is 9.92. The molecule has 1 aromatic carbocycles. The topological polar surface area (TPSA) is 69.8 Å². The van der Waals surface area contributed by atoms with Gasteiger partial charge in [0.05, 0.1) is 11.0 Å². The summed E-state index contributed by atoms with van der Waals surface area (Å²) in [6.07, 6.45) is 1.54. The van der Waals surface area contributed by atoms with Crippen LogP contribution < -0.4 is 10.6 Å². The van der Waals surface area contributed by atoms with Crippen molar-refractivity contribution in [2.45, 2.75) is 6.42 Å². The van der Waals surface area contributed by atoms with Crippen molar-refractivity contribution in [3.63, 3.8) is 0 Å². The van der Waals surface area contributed by atoms with Crippen molar-refractivity contribution in [2.75, 3.05) is 18.4 Å². The fourth-order valence-corrected chi connectivity index (χ4v) is 1.69. The molecule has 0 unspecified atom stereocenters. The molecule has 0 saturated heterocycles. The van der Waals surface area contributed by atoms with Crippen LogP contribution in [0.1, 0.15) is 6.42 Å². The lowest BCUT2D eigenvalue weighted by molar-refractivity contribution is -0.109. The van der Waals surface area contributed by atoms with Crippen LogP contribution in [-0.4, -0.2) is 29.5 Å². The second-order valence-corrected chi connectivity index (χ2v) is 4.04. The standard InChI is InChI=1S/C11H13ClN4O/c12-8-2-3-9-10(6-8)16-11(15-9)14-5-1-4-13-7-17/h2-3,6-7H,1,4-5H2,(H,13,17)(H2,14,15,16). The first kappa shape index (κ1) is 11.7. The van der Waals surface area contributed by atoms with Gasteiger partial charge in [-0.15, -0.1) is 0 Å². The molecule has 1 amide bonds. The molecule has 0 spiro atoms. The first-order valence-corrected chi connectivity index (χ1v) is 5.73. The molecule has 2 rings (SSSR count). The number of carbonyl (C=O) groups excluding carboxylic acids is 1. The summed E-state index contributed by atoms with van der Waals surface area (Å²) in [6.45, 7) is 1.40. The highest BCUT2D eigenvalue weighted by atomic mass is 35.5. The molecule has 0 atom stereocenters. The second kappa shape index (κ2) is 5.54. The van der Waals surface area contributed by atoms with Gasteiger partial charge in [0.2, 0.25) is 12.4 Å². The number of fused-ring (bicyclic) bond motifs is 1. The molecule has 90 valence electrons. The summed E-state index contributed by atoms with van der Waals surface area (Å²) in [7, 11) is 0. The van der Waals surface area contributed by atoms with E-state index < -0.39 is 0 Å². The van der Waals surface area contributed by atoms with Gasteiger partial charge in [0.25, 0.3) is 0 Å². The summed E-state index contributed by atoms with van der Waals surface area (Å²) in [4.78, 5) is 17.5. The Morgan fingerprint density at radius 1 is 1.41 bits per heavy atom. The quantitative estimate of drug-likeness (QED) is 0.542. The monoisotopic (exact) mass is 252 g/mol. The van der Waals surface area contributed by atoms with Crippen LogP contribution >= 0.6 is 11.6 Å². The molecule has 0 aliphatic rings. The lowest BCUT2D eigenvalue weighted by atomic mass is 10.3. The van der Waals surface area contributed by atoms with Gasteiger partial charge in [0.1, 0.15) is 0 Å². The van der Waals surface area contributed by atoms with Crippen molar-refractivity contribution in [3.05, 3.63) is 23.2 Å². The number of hydrogen-bond donors (Lipinski definition) is 3. The summed E-state index contributed by atoms with van der Waals surface area (Å²) in [5.41, 5.74) is 1.79. The van der Waals surface area contributed by atoms with Crippen molar-refractivity contribution in [1.29, 1.82) is 0 Å². The van der Waals surface area contributed by atoms with E-state index in [0.29, 0.717) is 23.9 Å². The number of aromatic nitrogens is 2. The van der Waals surface area contributed by atoms with Gasteiger partial charge in [-0.2, -0.15) is 0 Å². The van der Waals surface area contributed by atoms with E-state index in [0.717, 1.165) is 24.0 Å². The number of carbonyl (C=O) groups is 1. The summed E-state index contributed by atoms with van der Waals surface area (Å²) in [5, 5.41) is 6.43. The summed E-state index contributed by atoms with van der Waals surface area (Å²) >= 11 is 5.88. The third-order valence-electron chi connectivity index (χ3n) is 2.32. The fraction of sp³-hybridized carbons (Fsp3) is 0.273. The third kappa shape index (κ3) is 3.10. The number of H-pyrrole nitrogens is 1. The van der Waals surface area contributed by atoms with Crippen molar-refractivity contribution < 1.29 is 4.79 Å². The van der Waals surface area contributed by atoms with E-state index in [2.05, 4.69) is 20.6 Å². The van der Waals surface area contributed by atoms with Crippen LogP contribution in [0.4, 0.5) is 5.95 Å². The molecule has 0 fully saturated rings. The van der Waals surface area contributed by atoms with Crippen LogP contribution in [0.15, 0.2) is 18.2 Å². The Balaban J connectivity index is 1.93. The average Bonchev–Trinajstić information content (AvgIpc) is 2.70. The minimum atomic E-state index is 0.655. The highest BCUT2D eigenvalue weighted by Gasteiger charge is 2.01. The average molecular weight is 253 g/mol. The van der Waals surface area contributed by atoms with Crippen LogP contribution in [0.3, 0.4) is 0 Å². The van der Waals surface area contributed by atoms with Crippen molar-refractivity contribution in [2.24, 2.45) is 0 Å². The zero-order chi connectivity index (χ0) is 12.1. The van der Waals surface area contributed by atoms with Gasteiger partial charge < -0.3 is 15.6 Å². The smallest absolute Gasteiger partial charge is 0.207 e. The molecule has 1 aromatic heterocycles. The predicted octanol–water partition coefficient (Wildman–Crippen LogP) is 1.76. The minimum absolute atomic E-state index is 0.655. The summed E-state index contributed by atoms with van der Waals surface area (Å²) in [6, 6.07) is 5.51. The molecule has 2 aromatic rings. The second-order valence-electron chi connectivity index (χ2n) is 3.60. The molecule has 17 heavy (non-hydrogen) atoms. The first-order valence-electron chi connectivity index (χ1n) is 5.36. The van der Waals surface area contributed by atoms with Crippen molar-refractivity contribution in [3.8, 4) is 0 Å². The molecule has 0 radical (unpaired) electrons. The van der Waals surface area contributed by atoms with Crippen LogP contribution in [0, 0.1) is 0 Å². The molecule has 3 N–H and O–H groups in total. The first-order chi connectivity index (χ1) is 8.29. The molecule has 0 aliphatic heterocycles. The number of amides is 1. The van der Waals surface area contributed by atoms with Crippen LogP contribution in [0.2, 0.25) is 5.02 Å². The number of halogens is 1. The number of imidazole rings is 1. The normalized spacial score (nSPS) is 10.4. The van der Waals surface area contributed by atoms with E-state index in [1.807, 2.05) is 18.2 Å². The number of anilines is 1. The van der Waals surface area contributed by atoms with Crippen LogP contribution in [0.25, 0.3) is 11.0 Å². The molecule has 0 saturated carbocycles. The van der Waals surface area contributed by atoms with Crippen LogP contribution in [0.5, 0.6) is 0 Å². The Morgan fingerprint density at radius 2 is 2.29 bits per heavy atom. The van der Waals surface area contributed by atoms with Gasteiger partial charge in [0.15, 0.2) is 0 Å². The van der Waals surface area contributed by atoms with Crippen molar-refractivity contribution in [1.82, 2.24) is 15.3 Å². The number of aromatic amines is 1. The van der Waals surface area contributed by atoms with Gasteiger partial charge in [-0.3, -0.25) is 4.79 Å². The number of nitrogens with one attached hydrogen (secondary N) is 3. The highest BCUT2D eigenvalue weighted by Crippen LogP contribution is 2.18. The van der Waals surface area contributed by atoms with Gasteiger partial charge in [-0.05, 0) is 24.6 Å². The van der Waals surface area contributed by atoms with Crippen LogP contribution in [-0.2, 0) is 4.79 Å². The summed E-state index contributed by atoms with van der Waals surface area (Å²) in [5.74, 6) is 0.716. The number of hydrogen-bond acceptors (Lipinski definition) is 3. The predicted molar refractivity (Wildman–Crippen MR) is 68.3 cm³/mol. The maximum absolute atomic E-state index is 10.0. The number of nitrogens with zero attached hydrogens (tertiary/aromatic N) is 1. The van der Waals surface area contributed by atoms with E-state index >= 15 is 0 Å². The van der Waals surface area contributed by atoms with E-state index in [4.69, 9.17) is 11.6 Å². The maximum atomic E-state index is 10.0. The number of benzene rings is 1. The third-order valence-corrected chi connectivity index (χ3v) is 2.55. The Hall–Kier alpha value is -1.75. The molecule has 1 heterocycles. The molecular weight excluding hydrogens is 240 g/mol. The molecular formula is C11H13ClN4O. The van der Waals surface area contributed by atoms with E-state index in [-0.39, 0.29) is 0 Å². The Bertz CT molecular complexity index is 511. The van der Waals surface area contributed by atoms with Gasteiger partial charge in [-0.25, -0.2) is 4.98 Å². The molecule has 0 aliphatic carbocycles. The molecule has 6 heteroatoms. The largest absolute Gasteiger partial charge is 0.359 e. The minimum Gasteiger partial charge on any atom is -0.359 e. The lowest BCUT2D eigenvalue weighted by Crippen LogP contribution is -2.16. The SMILES string of the molecule is O=CNCCCNc1nc2ccc(Cl)cc2[nH]1. The van der Waals surface area contributed by atoms with Gasteiger partial charge >= 0.3 is 0 Å². The summed E-state index contributed by atoms with van der Waals surface area (Å²) < 4.78 is 0. The maximum Gasteiger partial charge on any atom is 0.207 e. The number of rotatable bonds is 6. The molecule has 5 nitrogen and oxygen atoms in total. The van der Waals surface area contributed by atoms with Gasteiger partial charge in [0, 0.05) is 18.1 Å². The van der Waals surface area contributed by atoms with E-state index in [1.165, 1.54) is 0 Å². The zero-order valence-electron chi connectivity index (χ0n) is 9.16. The van der Waals surface area contributed by atoms with E-state index in [9.17, 15) is 4.79 Å². The van der Waals surface area contributed by atoms with Crippen molar-refractivity contribution >= 4 is 35.0 Å². The van der Waals surface area contributed by atoms with E-state index in [1.54, 1.807) is 0 Å². The fourth-order valence-electron chi connectivity index (χ4n) is 1.52. The Morgan fingerprint density at radius 3 is 3.12 bits per heavy atom. The highest BCUT2D eigenvalue weighted by molar-refractivity contribution is 6.31. The Kier molecular flexibility index (Phi) is 3.82. The Labute approximate surface area is 104 Å². The molecule has 0 bridgehead atoms.